The number of carboxylic acid groups (broad SMARTS) is 1. The van der Waals surface area contributed by atoms with Gasteiger partial charge in [0.25, 0.3) is 5.91 Å². The van der Waals surface area contributed by atoms with E-state index in [1.54, 1.807) is 18.3 Å². The molecule has 21 heavy (non-hydrogen) atoms. The average molecular weight is 284 g/mol. The monoisotopic (exact) mass is 284 g/mol. The summed E-state index contributed by atoms with van der Waals surface area (Å²) in [6.45, 7) is 1.89. The molecule has 1 aromatic carbocycles. The quantitative estimate of drug-likeness (QED) is 0.738. The van der Waals surface area contributed by atoms with Gasteiger partial charge in [0.1, 0.15) is 5.69 Å². The van der Waals surface area contributed by atoms with Crippen LogP contribution in [0.2, 0.25) is 0 Å². The molecule has 0 aliphatic carbocycles. The van der Waals surface area contributed by atoms with Gasteiger partial charge >= 0.3 is 5.97 Å². The van der Waals surface area contributed by atoms with Gasteiger partial charge in [0.2, 0.25) is 0 Å². The third kappa shape index (κ3) is 4.07. The second-order valence-corrected chi connectivity index (χ2v) is 4.62. The van der Waals surface area contributed by atoms with Crippen molar-refractivity contribution < 1.29 is 14.7 Å². The Labute approximate surface area is 122 Å². The molecule has 0 saturated carbocycles. The van der Waals surface area contributed by atoms with Crippen LogP contribution in [-0.4, -0.2) is 22.0 Å². The molecule has 3 N–H and O–H groups in total. The largest absolute Gasteiger partial charge is 0.478 e. The van der Waals surface area contributed by atoms with Crippen molar-refractivity contribution in [2.75, 3.05) is 0 Å². The lowest BCUT2D eigenvalue weighted by Crippen LogP contribution is -2.26. The summed E-state index contributed by atoms with van der Waals surface area (Å²) in [6, 6.07) is 10.7. The fraction of sp³-hybridized carbons (Fsp3) is 0.125. The van der Waals surface area contributed by atoms with E-state index >= 15 is 0 Å². The summed E-state index contributed by atoms with van der Waals surface area (Å²) < 4.78 is 0. The fourth-order valence-corrected chi connectivity index (χ4v) is 1.89. The predicted octanol–water partition coefficient (Wildman–Crippen LogP) is 2.60. The first-order valence-electron chi connectivity index (χ1n) is 6.51. The zero-order valence-electron chi connectivity index (χ0n) is 11.5. The molecular formula is C16H16N2O3. The molecular weight excluding hydrogens is 268 g/mol. The van der Waals surface area contributed by atoms with Crippen molar-refractivity contribution in [3.63, 3.8) is 0 Å². The van der Waals surface area contributed by atoms with Gasteiger partial charge in [0.15, 0.2) is 0 Å². The summed E-state index contributed by atoms with van der Waals surface area (Å²) in [5.74, 6) is -1.15. The van der Waals surface area contributed by atoms with E-state index < -0.39 is 5.97 Å². The van der Waals surface area contributed by atoms with E-state index in [0.717, 1.165) is 17.2 Å². The number of aromatic nitrogens is 1. The van der Waals surface area contributed by atoms with E-state index in [1.165, 1.54) is 6.08 Å². The van der Waals surface area contributed by atoms with Crippen LogP contribution in [0.3, 0.4) is 0 Å². The Morgan fingerprint density at radius 1 is 1.24 bits per heavy atom. The van der Waals surface area contributed by atoms with Gasteiger partial charge < -0.3 is 15.4 Å². The van der Waals surface area contributed by atoms with Gasteiger partial charge in [0, 0.05) is 12.3 Å². The molecule has 0 saturated heterocycles. The van der Waals surface area contributed by atoms with E-state index in [1.807, 2.05) is 31.2 Å². The maximum atomic E-state index is 11.9. The Morgan fingerprint density at radius 2 is 1.95 bits per heavy atom. The number of carbonyl (C=O) groups excluding carboxylic acids is 1. The topological polar surface area (TPSA) is 82.2 Å². The lowest BCUT2D eigenvalue weighted by Gasteiger charge is -2.14. The number of amides is 1. The molecule has 0 radical (unpaired) electrons. The minimum absolute atomic E-state index is 0.140. The van der Waals surface area contributed by atoms with E-state index in [9.17, 15) is 9.59 Å². The van der Waals surface area contributed by atoms with Crippen molar-refractivity contribution in [3.8, 4) is 0 Å². The second kappa shape index (κ2) is 6.56. The highest BCUT2D eigenvalue weighted by atomic mass is 16.4. The smallest absolute Gasteiger partial charge is 0.328 e. The molecule has 1 amide bonds. The van der Waals surface area contributed by atoms with E-state index in [2.05, 4.69) is 10.3 Å². The number of carboxylic acids is 1. The van der Waals surface area contributed by atoms with Gasteiger partial charge in [-0.15, -0.1) is 0 Å². The van der Waals surface area contributed by atoms with Crippen LogP contribution in [-0.2, 0) is 4.79 Å². The first kappa shape index (κ1) is 14.6. The van der Waals surface area contributed by atoms with E-state index in [-0.39, 0.29) is 11.9 Å². The third-order valence-electron chi connectivity index (χ3n) is 3.05. The van der Waals surface area contributed by atoms with Gasteiger partial charge in [-0.25, -0.2) is 4.79 Å². The van der Waals surface area contributed by atoms with Crippen LogP contribution in [0.25, 0.3) is 6.08 Å². The van der Waals surface area contributed by atoms with Gasteiger partial charge in [0.05, 0.1) is 6.04 Å². The molecule has 5 heteroatoms. The molecule has 108 valence electrons. The van der Waals surface area contributed by atoms with Gasteiger partial charge in [-0.3, -0.25) is 4.79 Å². The molecule has 0 spiro atoms. The maximum absolute atomic E-state index is 11.9. The van der Waals surface area contributed by atoms with Gasteiger partial charge in [-0.2, -0.15) is 0 Å². The highest BCUT2D eigenvalue weighted by Gasteiger charge is 2.11. The van der Waals surface area contributed by atoms with E-state index in [0.29, 0.717) is 5.69 Å². The van der Waals surface area contributed by atoms with Crippen LogP contribution in [0.1, 0.15) is 34.6 Å². The number of nitrogens with one attached hydrogen (secondary N) is 2. The van der Waals surface area contributed by atoms with Crippen LogP contribution in [0.15, 0.2) is 48.7 Å². The summed E-state index contributed by atoms with van der Waals surface area (Å²) in [7, 11) is 0. The summed E-state index contributed by atoms with van der Waals surface area (Å²) in [4.78, 5) is 25.2. The molecule has 0 bridgehead atoms. The summed E-state index contributed by atoms with van der Waals surface area (Å²) >= 11 is 0. The molecule has 1 aromatic heterocycles. The lowest BCUT2D eigenvalue weighted by atomic mass is 10.1. The molecule has 0 aliphatic rings. The number of benzene rings is 1. The van der Waals surface area contributed by atoms with Crippen molar-refractivity contribution in [2.45, 2.75) is 13.0 Å². The minimum Gasteiger partial charge on any atom is -0.478 e. The normalized spacial score (nSPS) is 12.2. The number of H-pyrrole nitrogens is 1. The number of rotatable bonds is 5. The Balaban J connectivity index is 2.01. The Bertz CT molecular complexity index is 643. The molecule has 1 heterocycles. The van der Waals surface area contributed by atoms with Crippen molar-refractivity contribution in [3.05, 3.63) is 65.5 Å². The van der Waals surface area contributed by atoms with Crippen LogP contribution < -0.4 is 5.32 Å². The Hall–Kier alpha value is -2.82. The SMILES string of the molecule is CC(NC(=O)c1ccc[nH]1)c1ccc(C=CC(=O)O)cc1. The van der Waals surface area contributed by atoms with Crippen molar-refractivity contribution >= 4 is 18.0 Å². The maximum Gasteiger partial charge on any atom is 0.328 e. The molecule has 5 nitrogen and oxygen atoms in total. The molecule has 0 aliphatic heterocycles. The Morgan fingerprint density at radius 3 is 2.52 bits per heavy atom. The van der Waals surface area contributed by atoms with E-state index in [4.69, 9.17) is 5.11 Å². The number of hydrogen-bond acceptors (Lipinski definition) is 2. The standard InChI is InChI=1S/C16H16N2O3/c1-11(18-16(21)14-3-2-10-17-14)13-7-4-12(5-8-13)6-9-15(19)20/h2-11,17H,1H3,(H,18,21)(H,19,20). The second-order valence-electron chi connectivity index (χ2n) is 4.62. The van der Waals surface area contributed by atoms with Crippen LogP contribution in [0, 0.1) is 0 Å². The van der Waals surface area contributed by atoms with Crippen LogP contribution in [0.4, 0.5) is 0 Å². The fourth-order valence-electron chi connectivity index (χ4n) is 1.89. The molecule has 0 fully saturated rings. The van der Waals surface area contributed by atoms with Crippen LogP contribution in [0.5, 0.6) is 0 Å². The Kier molecular flexibility index (Phi) is 4.56. The number of aliphatic carboxylic acids is 1. The average Bonchev–Trinajstić information content (AvgIpc) is 3.00. The zero-order valence-corrected chi connectivity index (χ0v) is 11.5. The van der Waals surface area contributed by atoms with Gasteiger partial charge in [-0.05, 0) is 36.3 Å². The first-order chi connectivity index (χ1) is 10.1. The molecule has 2 rings (SSSR count). The summed E-state index contributed by atoms with van der Waals surface area (Å²) in [6.07, 6.45) is 4.31. The number of carbonyl (C=O) groups is 2. The number of hydrogen-bond donors (Lipinski definition) is 3. The third-order valence-corrected chi connectivity index (χ3v) is 3.05. The minimum atomic E-state index is -0.981. The van der Waals surface area contributed by atoms with Crippen LogP contribution >= 0.6 is 0 Å². The van der Waals surface area contributed by atoms with Crippen molar-refractivity contribution in [1.82, 2.24) is 10.3 Å². The highest BCUT2D eigenvalue weighted by Crippen LogP contribution is 2.14. The summed E-state index contributed by atoms with van der Waals surface area (Å²) in [5, 5.41) is 11.5. The van der Waals surface area contributed by atoms with Crippen molar-refractivity contribution in [1.29, 1.82) is 0 Å². The predicted molar refractivity (Wildman–Crippen MR) is 79.8 cm³/mol. The van der Waals surface area contributed by atoms with Crippen molar-refractivity contribution in [2.24, 2.45) is 0 Å². The van der Waals surface area contributed by atoms with Gasteiger partial charge in [-0.1, -0.05) is 24.3 Å². The molecule has 2 aromatic rings. The number of aromatic amines is 1. The highest BCUT2D eigenvalue weighted by molar-refractivity contribution is 5.92. The molecule has 1 atom stereocenters. The molecule has 1 unspecified atom stereocenters. The summed E-state index contributed by atoms with van der Waals surface area (Å²) in [5.41, 5.74) is 2.26. The first-order valence-corrected chi connectivity index (χ1v) is 6.51. The zero-order chi connectivity index (χ0) is 15.2. The lowest BCUT2D eigenvalue weighted by molar-refractivity contribution is -0.131.